The molecule has 10 nitrogen and oxygen atoms in total. The van der Waals surface area contributed by atoms with E-state index in [4.69, 9.17) is 5.10 Å². The van der Waals surface area contributed by atoms with Crippen LogP contribution in [0.2, 0.25) is 0 Å². The SMILES string of the molecule is O=C(c1ccc(-n2cnnn2)cc1)N1CCc2c(c(C(=O)N3CCCC3)nn2Cc2ccccc2)C1. The number of hydrogen-bond acceptors (Lipinski definition) is 6. The normalized spacial score (nSPS) is 15.2. The van der Waals surface area contributed by atoms with Crippen LogP contribution in [0.1, 0.15) is 50.5 Å². The lowest BCUT2D eigenvalue weighted by Gasteiger charge is -2.28. The van der Waals surface area contributed by atoms with Crippen molar-refractivity contribution in [3.63, 3.8) is 0 Å². The van der Waals surface area contributed by atoms with Gasteiger partial charge in [0.15, 0.2) is 5.69 Å². The molecule has 0 bridgehead atoms. The van der Waals surface area contributed by atoms with Gasteiger partial charge in [0.05, 0.1) is 18.8 Å². The average Bonchev–Trinajstić information content (AvgIpc) is 3.71. The van der Waals surface area contributed by atoms with Gasteiger partial charge in [-0.15, -0.1) is 5.10 Å². The van der Waals surface area contributed by atoms with Crippen molar-refractivity contribution in [2.45, 2.75) is 32.4 Å². The third kappa shape index (κ3) is 4.15. The molecule has 4 heterocycles. The fourth-order valence-electron chi connectivity index (χ4n) is 5.01. The molecule has 36 heavy (non-hydrogen) atoms. The third-order valence-corrected chi connectivity index (χ3v) is 6.92. The highest BCUT2D eigenvalue weighted by Crippen LogP contribution is 2.27. The summed E-state index contributed by atoms with van der Waals surface area (Å²) in [6, 6.07) is 17.3. The Bertz CT molecular complexity index is 1370. The van der Waals surface area contributed by atoms with Crippen molar-refractivity contribution in [3.05, 3.63) is 89.0 Å². The standard InChI is InChI=1S/C26H26N8O2/c35-25(20-8-10-21(11-9-20)34-18-27-29-30-34)32-15-12-23-22(17-32)24(26(36)31-13-4-5-14-31)28-33(23)16-19-6-2-1-3-7-19/h1-3,6-11,18H,4-5,12-17H2. The molecular weight excluding hydrogens is 456 g/mol. The van der Waals surface area contributed by atoms with E-state index in [0.29, 0.717) is 37.3 Å². The Labute approximate surface area is 208 Å². The molecule has 0 atom stereocenters. The van der Waals surface area contributed by atoms with E-state index in [1.807, 2.05) is 44.8 Å². The molecule has 0 unspecified atom stereocenters. The van der Waals surface area contributed by atoms with Gasteiger partial charge in [0.2, 0.25) is 0 Å². The van der Waals surface area contributed by atoms with Crippen LogP contribution in [0.15, 0.2) is 60.9 Å². The third-order valence-electron chi connectivity index (χ3n) is 6.92. The Kier molecular flexibility index (Phi) is 5.76. The summed E-state index contributed by atoms with van der Waals surface area (Å²) >= 11 is 0. The molecule has 2 aliphatic heterocycles. The van der Waals surface area contributed by atoms with Crippen molar-refractivity contribution in [1.82, 2.24) is 39.8 Å². The van der Waals surface area contributed by atoms with Crippen molar-refractivity contribution in [1.29, 1.82) is 0 Å². The first-order chi connectivity index (χ1) is 17.7. The molecule has 2 amide bonds. The summed E-state index contributed by atoms with van der Waals surface area (Å²) in [4.78, 5) is 30.5. The van der Waals surface area contributed by atoms with Crippen LogP contribution in [0.4, 0.5) is 0 Å². The molecule has 0 N–H and O–H groups in total. The van der Waals surface area contributed by atoms with Gasteiger partial charge in [-0.1, -0.05) is 30.3 Å². The molecule has 1 fully saturated rings. The maximum absolute atomic E-state index is 13.4. The van der Waals surface area contributed by atoms with Crippen LogP contribution >= 0.6 is 0 Å². The molecule has 0 saturated carbocycles. The lowest BCUT2D eigenvalue weighted by atomic mass is 10.0. The average molecular weight is 483 g/mol. The maximum Gasteiger partial charge on any atom is 0.274 e. The Hall–Kier alpha value is -4.34. The van der Waals surface area contributed by atoms with Crippen molar-refractivity contribution >= 4 is 11.8 Å². The van der Waals surface area contributed by atoms with Gasteiger partial charge >= 0.3 is 0 Å². The second-order valence-corrected chi connectivity index (χ2v) is 9.19. The van der Waals surface area contributed by atoms with Crippen LogP contribution in [0.25, 0.3) is 5.69 Å². The van der Waals surface area contributed by atoms with Crippen molar-refractivity contribution in [3.8, 4) is 5.69 Å². The van der Waals surface area contributed by atoms with Gasteiger partial charge in [0.1, 0.15) is 6.33 Å². The van der Waals surface area contributed by atoms with Gasteiger partial charge in [-0.05, 0) is 53.1 Å². The van der Waals surface area contributed by atoms with Crippen LogP contribution in [0.3, 0.4) is 0 Å². The number of hydrogen-bond donors (Lipinski definition) is 0. The minimum atomic E-state index is -0.0701. The number of aromatic nitrogens is 6. The lowest BCUT2D eigenvalue weighted by Crippen LogP contribution is -2.37. The molecule has 10 heteroatoms. The highest BCUT2D eigenvalue weighted by molar-refractivity contribution is 5.96. The summed E-state index contributed by atoms with van der Waals surface area (Å²) in [5, 5.41) is 16.0. The molecule has 0 aliphatic carbocycles. The van der Waals surface area contributed by atoms with Crippen LogP contribution in [0, 0.1) is 0 Å². The van der Waals surface area contributed by atoms with Crippen molar-refractivity contribution in [2.24, 2.45) is 0 Å². The minimum absolute atomic E-state index is 0.0318. The topological polar surface area (TPSA) is 102 Å². The molecular formula is C26H26N8O2. The molecule has 1 saturated heterocycles. The van der Waals surface area contributed by atoms with Gasteiger partial charge in [-0.25, -0.2) is 4.68 Å². The predicted octanol–water partition coefficient (Wildman–Crippen LogP) is 2.34. The number of fused-ring (bicyclic) bond motifs is 1. The Balaban J connectivity index is 1.28. The molecule has 2 aromatic carbocycles. The smallest absolute Gasteiger partial charge is 0.274 e. The number of benzene rings is 2. The Morgan fingerprint density at radius 3 is 2.36 bits per heavy atom. The first-order valence-electron chi connectivity index (χ1n) is 12.2. The van der Waals surface area contributed by atoms with Gasteiger partial charge < -0.3 is 9.80 Å². The van der Waals surface area contributed by atoms with Gasteiger partial charge in [0.25, 0.3) is 11.8 Å². The zero-order chi connectivity index (χ0) is 24.5. The summed E-state index contributed by atoms with van der Waals surface area (Å²) in [6.45, 7) is 3.05. The summed E-state index contributed by atoms with van der Waals surface area (Å²) in [6.07, 6.45) is 4.19. The van der Waals surface area contributed by atoms with Gasteiger partial charge in [-0.2, -0.15) is 5.10 Å². The number of carbonyl (C=O) groups excluding carboxylic acids is 2. The van der Waals surface area contributed by atoms with Crippen LogP contribution in [-0.2, 0) is 19.5 Å². The van der Waals surface area contributed by atoms with E-state index in [9.17, 15) is 9.59 Å². The summed E-state index contributed by atoms with van der Waals surface area (Å²) < 4.78 is 3.50. The number of rotatable bonds is 5. The summed E-state index contributed by atoms with van der Waals surface area (Å²) in [5.41, 5.74) is 4.88. The highest BCUT2D eigenvalue weighted by Gasteiger charge is 2.33. The number of tetrazole rings is 1. The molecule has 6 rings (SSSR count). The summed E-state index contributed by atoms with van der Waals surface area (Å²) in [5.74, 6) is -0.102. The fourth-order valence-corrected chi connectivity index (χ4v) is 5.01. The van der Waals surface area contributed by atoms with E-state index in [0.717, 1.165) is 48.4 Å². The first-order valence-corrected chi connectivity index (χ1v) is 12.2. The quantitative estimate of drug-likeness (QED) is 0.433. The van der Waals surface area contributed by atoms with E-state index in [-0.39, 0.29) is 11.8 Å². The van der Waals surface area contributed by atoms with E-state index in [2.05, 4.69) is 27.7 Å². The lowest BCUT2D eigenvalue weighted by molar-refractivity contribution is 0.0722. The number of carbonyl (C=O) groups is 2. The molecule has 182 valence electrons. The monoisotopic (exact) mass is 482 g/mol. The van der Waals surface area contributed by atoms with Gasteiger partial charge in [0, 0.05) is 42.9 Å². The zero-order valence-electron chi connectivity index (χ0n) is 19.8. The fraction of sp³-hybridized carbons (Fsp3) is 0.308. The van der Waals surface area contributed by atoms with E-state index in [1.165, 1.54) is 6.33 Å². The molecule has 0 spiro atoms. The number of amides is 2. The van der Waals surface area contributed by atoms with E-state index >= 15 is 0 Å². The predicted molar refractivity (Wildman–Crippen MR) is 131 cm³/mol. The molecule has 2 aromatic heterocycles. The second kappa shape index (κ2) is 9.37. The number of nitrogens with zero attached hydrogens (tertiary/aromatic N) is 8. The molecule has 4 aromatic rings. The van der Waals surface area contributed by atoms with Gasteiger partial charge in [-0.3, -0.25) is 14.3 Å². The van der Waals surface area contributed by atoms with Crippen LogP contribution < -0.4 is 0 Å². The van der Waals surface area contributed by atoms with Crippen LogP contribution in [-0.4, -0.2) is 71.2 Å². The largest absolute Gasteiger partial charge is 0.337 e. The summed E-state index contributed by atoms with van der Waals surface area (Å²) in [7, 11) is 0. The van der Waals surface area contributed by atoms with Crippen molar-refractivity contribution < 1.29 is 9.59 Å². The molecule has 2 aliphatic rings. The highest BCUT2D eigenvalue weighted by atomic mass is 16.2. The van der Waals surface area contributed by atoms with Crippen LogP contribution in [0.5, 0.6) is 0 Å². The minimum Gasteiger partial charge on any atom is -0.337 e. The zero-order valence-corrected chi connectivity index (χ0v) is 19.8. The maximum atomic E-state index is 13.4. The van der Waals surface area contributed by atoms with E-state index < -0.39 is 0 Å². The van der Waals surface area contributed by atoms with Crippen molar-refractivity contribution in [2.75, 3.05) is 19.6 Å². The Morgan fingerprint density at radius 1 is 0.861 bits per heavy atom. The number of likely N-dealkylation sites (tertiary alicyclic amines) is 1. The second-order valence-electron chi connectivity index (χ2n) is 9.19. The Morgan fingerprint density at radius 2 is 1.64 bits per heavy atom. The molecule has 0 radical (unpaired) electrons. The van der Waals surface area contributed by atoms with E-state index in [1.54, 1.807) is 16.8 Å². The first kappa shape index (κ1) is 22.1.